The molecule has 1 amide bonds. The van der Waals surface area contributed by atoms with Gasteiger partial charge in [-0.3, -0.25) is 4.79 Å². The molecule has 28 heavy (non-hydrogen) atoms. The molecular weight excluding hydrogens is 355 g/mol. The monoisotopic (exact) mass is 374 g/mol. The van der Waals surface area contributed by atoms with Crippen molar-refractivity contribution in [2.75, 3.05) is 0 Å². The lowest BCUT2D eigenvalue weighted by Crippen LogP contribution is -2.23. The number of aryl methyl sites for hydroxylation is 1. The molecule has 0 bridgehead atoms. The van der Waals surface area contributed by atoms with Gasteiger partial charge >= 0.3 is 0 Å². The van der Waals surface area contributed by atoms with E-state index in [1.807, 2.05) is 49.4 Å². The number of rotatable bonds is 5. The van der Waals surface area contributed by atoms with Crippen LogP contribution in [-0.4, -0.2) is 10.9 Å². The Bertz CT molecular complexity index is 1130. The number of carbonyl (C=O) groups is 1. The van der Waals surface area contributed by atoms with E-state index in [9.17, 15) is 9.18 Å². The molecule has 140 valence electrons. The number of nitrogens with one attached hydrogen (secondary N) is 2. The molecule has 4 aromatic rings. The van der Waals surface area contributed by atoms with Gasteiger partial charge in [0.2, 0.25) is 0 Å². The zero-order valence-electron chi connectivity index (χ0n) is 15.3. The van der Waals surface area contributed by atoms with Gasteiger partial charge in [0.1, 0.15) is 23.0 Å². The lowest BCUT2D eigenvalue weighted by atomic mass is 10.2. The van der Waals surface area contributed by atoms with E-state index in [0.717, 1.165) is 27.8 Å². The van der Waals surface area contributed by atoms with Crippen LogP contribution in [0.4, 0.5) is 4.39 Å². The normalized spacial score (nSPS) is 10.8. The first-order valence-corrected chi connectivity index (χ1v) is 8.97. The zero-order valence-corrected chi connectivity index (χ0v) is 15.3. The zero-order chi connectivity index (χ0) is 19.5. The van der Waals surface area contributed by atoms with Gasteiger partial charge in [-0.05, 0) is 66.6 Å². The highest BCUT2D eigenvalue weighted by Gasteiger charge is 2.10. The Balaban J connectivity index is 1.47. The molecule has 0 unspecified atom stereocenters. The molecule has 0 aliphatic carbocycles. The average Bonchev–Trinajstić information content (AvgIpc) is 3.11. The minimum atomic E-state index is -0.297. The van der Waals surface area contributed by atoms with Crippen LogP contribution in [0, 0.1) is 12.7 Å². The molecule has 0 radical (unpaired) electrons. The Labute approximate surface area is 162 Å². The Hall–Kier alpha value is -3.60. The maximum atomic E-state index is 13.0. The molecule has 0 spiro atoms. The van der Waals surface area contributed by atoms with Crippen molar-refractivity contribution < 1.29 is 13.9 Å². The molecule has 0 saturated heterocycles. The second-order valence-corrected chi connectivity index (χ2v) is 6.66. The van der Waals surface area contributed by atoms with Crippen LogP contribution in [0.2, 0.25) is 0 Å². The van der Waals surface area contributed by atoms with Crippen molar-refractivity contribution in [3.8, 4) is 11.5 Å². The van der Waals surface area contributed by atoms with E-state index in [4.69, 9.17) is 4.74 Å². The van der Waals surface area contributed by atoms with Crippen molar-refractivity contribution in [1.29, 1.82) is 0 Å². The molecule has 3 aromatic carbocycles. The molecule has 1 aromatic heterocycles. The van der Waals surface area contributed by atoms with Crippen molar-refractivity contribution >= 4 is 16.8 Å². The van der Waals surface area contributed by atoms with Crippen LogP contribution in [0.5, 0.6) is 11.5 Å². The van der Waals surface area contributed by atoms with Gasteiger partial charge in [-0.15, -0.1) is 0 Å². The van der Waals surface area contributed by atoms with Crippen LogP contribution >= 0.6 is 0 Å². The lowest BCUT2D eigenvalue weighted by Gasteiger charge is -2.06. The molecule has 4 nitrogen and oxygen atoms in total. The lowest BCUT2D eigenvalue weighted by molar-refractivity contribution is 0.0946. The molecule has 1 heterocycles. The minimum Gasteiger partial charge on any atom is -0.457 e. The van der Waals surface area contributed by atoms with Crippen molar-refractivity contribution in [2.45, 2.75) is 13.5 Å². The first-order chi connectivity index (χ1) is 13.6. The molecule has 0 fully saturated rings. The summed E-state index contributed by atoms with van der Waals surface area (Å²) in [6.07, 6.45) is 0. The van der Waals surface area contributed by atoms with Gasteiger partial charge < -0.3 is 15.0 Å². The number of aromatic amines is 1. The number of H-pyrrole nitrogens is 1. The van der Waals surface area contributed by atoms with E-state index in [1.165, 1.54) is 12.1 Å². The van der Waals surface area contributed by atoms with Gasteiger partial charge in [-0.2, -0.15) is 0 Å². The summed E-state index contributed by atoms with van der Waals surface area (Å²) in [5, 5.41) is 3.72. The first-order valence-electron chi connectivity index (χ1n) is 8.97. The summed E-state index contributed by atoms with van der Waals surface area (Å²) in [6.45, 7) is 2.34. The number of halogens is 1. The summed E-state index contributed by atoms with van der Waals surface area (Å²) >= 11 is 0. The van der Waals surface area contributed by atoms with Crippen molar-refractivity contribution in [2.24, 2.45) is 0 Å². The summed E-state index contributed by atoms with van der Waals surface area (Å²) in [4.78, 5) is 15.5. The molecular formula is C23H19FN2O2. The smallest absolute Gasteiger partial charge is 0.267 e. The highest BCUT2D eigenvalue weighted by atomic mass is 19.1. The van der Waals surface area contributed by atoms with E-state index in [-0.39, 0.29) is 11.7 Å². The highest BCUT2D eigenvalue weighted by molar-refractivity contribution is 5.98. The SMILES string of the molecule is Cc1cccc(Oc2ccc3[nH]c(C(=O)NCc4ccc(F)cc4)cc3c2)c1. The molecule has 5 heteroatoms. The maximum absolute atomic E-state index is 13.0. The number of ether oxygens (including phenoxy) is 1. The van der Waals surface area contributed by atoms with Gasteiger partial charge in [0.05, 0.1) is 0 Å². The average molecular weight is 374 g/mol. The third-order valence-corrected chi connectivity index (χ3v) is 4.43. The quantitative estimate of drug-likeness (QED) is 0.496. The first kappa shape index (κ1) is 17.8. The van der Waals surface area contributed by atoms with Crippen molar-refractivity contribution in [1.82, 2.24) is 10.3 Å². The summed E-state index contributed by atoms with van der Waals surface area (Å²) in [6, 6.07) is 21.3. The standard InChI is InChI=1S/C23H19FN2O2/c1-15-3-2-4-19(11-15)28-20-9-10-21-17(12-20)13-22(26-21)23(27)25-14-16-5-7-18(24)8-6-16/h2-13,26H,14H2,1H3,(H,25,27). The number of carbonyl (C=O) groups excluding carboxylic acids is 1. The number of benzene rings is 3. The minimum absolute atomic E-state index is 0.221. The van der Waals surface area contributed by atoms with Gasteiger partial charge in [-0.25, -0.2) is 4.39 Å². The maximum Gasteiger partial charge on any atom is 0.267 e. The molecule has 0 saturated carbocycles. The molecule has 4 rings (SSSR count). The second kappa shape index (κ2) is 7.56. The number of hydrogen-bond donors (Lipinski definition) is 2. The Morgan fingerprint density at radius 3 is 2.57 bits per heavy atom. The fourth-order valence-corrected chi connectivity index (χ4v) is 2.99. The number of aromatic nitrogens is 1. The Kier molecular flexibility index (Phi) is 4.81. The van der Waals surface area contributed by atoms with Gasteiger partial charge in [0.25, 0.3) is 5.91 Å². The fraction of sp³-hybridized carbons (Fsp3) is 0.0870. The third-order valence-electron chi connectivity index (χ3n) is 4.43. The number of hydrogen-bond acceptors (Lipinski definition) is 2. The largest absolute Gasteiger partial charge is 0.457 e. The van der Waals surface area contributed by atoms with E-state index < -0.39 is 0 Å². The summed E-state index contributed by atoms with van der Waals surface area (Å²) < 4.78 is 18.9. The second-order valence-electron chi connectivity index (χ2n) is 6.66. The van der Waals surface area contributed by atoms with Crippen molar-refractivity contribution in [3.63, 3.8) is 0 Å². The number of fused-ring (bicyclic) bond motifs is 1. The predicted molar refractivity (Wildman–Crippen MR) is 107 cm³/mol. The van der Waals surface area contributed by atoms with E-state index in [2.05, 4.69) is 10.3 Å². The van der Waals surface area contributed by atoms with Crippen molar-refractivity contribution in [3.05, 3.63) is 95.4 Å². The van der Waals surface area contributed by atoms with E-state index in [0.29, 0.717) is 18.0 Å². The van der Waals surface area contributed by atoms with Crippen LogP contribution in [0.25, 0.3) is 10.9 Å². The fourth-order valence-electron chi connectivity index (χ4n) is 2.99. The number of amides is 1. The van der Waals surface area contributed by atoms with Crippen LogP contribution in [0.1, 0.15) is 21.6 Å². The topological polar surface area (TPSA) is 54.1 Å². The van der Waals surface area contributed by atoms with Crippen LogP contribution in [0.15, 0.2) is 72.8 Å². The highest BCUT2D eigenvalue weighted by Crippen LogP contribution is 2.26. The Morgan fingerprint density at radius 2 is 1.79 bits per heavy atom. The summed E-state index contributed by atoms with van der Waals surface area (Å²) in [5.41, 5.74) is 3.27. The Morgan fingerprint density at radius 1 is 1.00 bits per heavy atom. The van der Waals surface area contributed by atoms with Crippen LogP contribution in [-0.2, 0) is 6.54 Å². The summed E-state index contributed by atoms with van der Waals surface area (Å²) in [5.74, 6) is 0.957. The molecule has 0 aliphatic rings. The summed E-state index contributed by atoms with van der Waals surface area (Å²) in [7, 11) is 0. The van der Waals surface area contributed by atoms with Gasteiger partial charge in [0, 0.05) is 17.4 Å². The predicted octanol–water partition coefficient (Wildman–Crippen LogP) is 5.34. The van der Waals surface area contributed by atoms with E-state index in [1.54, 1.807) is 18.2 Å². The van der Waals surface area contributed by atoms with Crippen LogP contribution in [0.3, 0.4) is 0 Å². The van der Waals surface area contributed by atoms with Gasteiger partial charge in [-0.1, -0.05) is 24.3 Å². The van der Waals surface area contributed by atoms with Crippen LogP contribution < -0.4 is 10.1 Å². The third kappa shape index (κ3) is 4.04. The molecule has 2 N–H and O–H groups in total. The molecule has 0 atom stereocenters. The van der Waals surface area contributed by atoms with Gasteiger partial charge in [0.15, 0.2) is 0 Å². The van der Waals surface area contributed by atoms with E-state index >= 15 is 0 Å². The molecule has 0 aliphatic heterocycles.